The van der Waals surface area contributed by atoms with Gasteiger partial charge in [0.2, 0.25) is 0 Å². The third kappa shape index (κ3) is 4.42. The van der Waals surface area contributed by atoms with E-state index in [9.17, 15) is 13.2 Å². The number of pyridine rings is 1. The summed E-state index contributed by atoms with van der Waals surface area (Å²) in [5.74, 6) is 0. The summed E-state index contributed by atoms with van der Waals surface area (Å²) >= 11 is 0. The number of hydrogen-bond donors (Lipinski definition) is 1. The number of aryl methyl sites for hydroxylation is 1. The van der Waals surface area contributed by atoms with Crippen molar-refractivity contribution < 1.29 is 12.8 Å². The van der Waals surface area contributed by atoms with Crippen LogP contribution in [0.4, 0.5) is 5.69 Å². The Morgan fingerprint density at radius 3 is 2.47 bits per heavy atom. The van der Waals surface area contributed by atoms with Crippen molar-refractivity contribution in [2.45, 2.75) is 13.3 Å². The van der Waals surface area contributed by atoms with Gasteiger partial charge in [-0.25, -0.2) is 4.79 Å². The first-order chi connectivity index (χ1) is 15.2. The summed E-state index contributed by atoms with van der Waals surface area (Å²) in [6.45, 7) is 1.90. The van der Waals surface area contributed by atoms with E-state index in [1.807, 2.05) is 43.3 Å². The van der Waals surface area contributed by atoms with Gasteiger partial charge in [0, 0.05) is 43.9 Å². The Hall–Kier alpha value is -3.49. The monoisotopic (exact) mass is 449 g/mol. The van der Waals surface area contributed by atoms with Crippen molar-refractivity contribution in [1.82, 2.24) is 9.29 Å². The molecule has 2 heterocycles. The molecular weight excluding hydrogens is 426 g/mol. The Kier molecular flexibility index (Phi) is 5.82. The molecule has 7 nitrogen and oxygen atoms in total. The SMILES string of the molecule is Cc1c(Cc2cccc(NS(=O)(=O)N(C)C)c2)c(=O)oc2cc(-c3ccncc3)ccc12. The predicted octanol–water partition coefficient (Wildman–Crippen LogP) is 3.97. The van der Waals surface area contributed by atoms with E-state index in [-0.39, 0.29) is 0 Å². The summed E-state index contributed by atoms with van der Waals surface area (Å²) in [4.78, 5) is 16.8. The molecule has 0 radical (unpaired) electrons. The Labute approximate surface area is 186 Å². The number of rotatable bonds is 6. The average molecular weight is 450 g/mol. The molecule has 0 aliphatic heterocycles. The molecule has 0 spiro atoms. The molecule has 0 saturated heterocycles. The van der Waals surface area contributed by atoms with Crippen molar-refractivity contribution in [2.24, 2.45) is 0 Å². The summed E-state index contributed by atoms with van der Waals surface area (Å²) in [6.07, 6.45) is 3.77. The standard InChI is InChI=1S/C24H23N3O4S/c1-16-21-8-7-19(18-9-11-25-12-10-18)15-23(21)31-24(28)22(16)14-17-5-4-6-20(13-17)26-32(29,30)27(2)3/h4-13,15,26H,14H2,1-3H3. The van der Waals surface area contributed by atoms with Crippen LogP contribution >= 0.6 is 0 Å². The maximum Gasteiger partial charge on any atom is 0.340 e. The highest BCUT2D eigenvalue weighted by atomic mass is 32.2. The van der Waals surface area contributed by atoms with Crippen LogP contribution in [0.2, 0.25) is 0 Å². The summed E-state index contributed by atoms with van der Waals surface area (Å²) in [7, 11) is -0.705. The Bertz CT molecular complexity index is 1450. The van der Waals surface area contributed by atoms with Crippen molar-refractivity contribution in [3.05, 3.63) is 94.1 Å². The van der Waals surface area contributed by atoms with E-state index in [1.165, 1.54) is 14.1 Å². The molecular formula is C24H23N3O4S. The van der Waals surface area contributed by atoms with E-state index >= 15 is 0 Å². The van der Waals surface area contributed by atoms with E-state index in [1.54, 1.807) is 30.6 Å². The number of benzene rings is 2. The summed E-state index contributed by atoms with van der Waals surface area (Å²) in [6, 6.07) is 16.6. The minimum absolute atomic E-state index is 0.327. The van der Waals surface area contributed by atoms with E-state index in [0.29, 0.717) is 23.3 Å². The van der Waals surface area contributed by atoms with Crippen LogP contribution in [0.25, 0.3) is 22.1 Å². The fourth-order valence-corrected chi connectivity index (χ4v) is 4.12. The van der Waals surface area contributed by atoms with Crippen LogP contribution in [0.1, 0.15) is 16.7 Å². The maximum atomic E-state index is 12.8. The maximum absolute atomic E-state index is 12.8. The average Bonchev–Trinajstić information content (AvgIpc) is 2.77. The molecule has 2 aromatic heterocycles. The molecule has 2 aromatic carbocycles. The van der Waals surface area contributed by atoms with Gasteiger partial charge in [0.15, 0.2) is 0 Å². The number of hydrogen-bond acceptors (Lipinski definition) is 5. The lowest BCUT2D eigenvalue weighted by Gasteiger charge is -2.14. The van der Waals surface area contributed by atoms with E-state index in [2.05, 4.69) is 9.71 Å². The third-order valence-electron chi connectivity index (χ3n) is 5.34. The first-order valence-electron chi connectivity index (χ1n) is 10.0. The number of anilines is 1. The van der Waals surface area contributed by atoms with Crippen molar-refractivity contribution in [1.29, 1.82) is 0 Å². The van der Waals surface area contributed by atoms with Gasteiger partial charge >= 0.3 is 15.8 Å². The highest BCUT2D eigenvalue weighted by molar-refractivity contribution is 7.90. The molecule has 0 aliphatic carbocycles. The molecule has 1 N–H and O–H groups in total. The van der Waals surface area contributed by atoms with Crippen LogP contribution in [0.3, 0.4) is 0 Å². The van der Waals surface area contributed by atoms with E-state index in [4.69, 9.17) is 4.42 Å². The summed E-state index contributed by atoms with van der Waals surface area (Å²) < 4.78 is 33.5. The topological polar surface area (TPSA) is 92.5 Å². The highest BCUT2D eigenvalue weighted by Gasteiger charge is 2.15. The molecule has 0 aliphatic rings. The first kappa shape index (κ1) is 21.7. The molecule has 0 unspecified atom stereocenters. The van der Waals surface area contributed by atoms with Crippen molar-refractivity contribution in [3.8, 4) is 11.1 Å². The van der Waals surface area contributed by atoms with Gasteiger partial charge in [-0.05, 0) is 59.5 Å². The van der Waals surface area contributed by atoms with Crippen LogP contribution in [-0.4, -0.2) is 31.8 Å². The van der Waals surface area contributed by atoms with Gasteiger partial charge in [-0.3, -0.25) is 9.71 Å². The molecule has 0 saturated carbocycles. The van der Waals surface area contributed by atoms with Crippen molar-refractivity contribution in [3.63, 3.8) is 0 Å². The van der Waals surface area contributed by atoms with E-state index < -0.39 is 15.8 Å². The summed E-state index contributed by atoms with van der Waals surface area (Å²) in [5.41, 5.74) is 4.67. The molecule has 0 bridgehead atoms. The van der Waals surface area contributed by atoms with Gasteiger partial charge < -0.3 is 4.42 Å². The van der Waals surface area contributed by atoms with Gasteiger partial charge in [0.25, 0.3) is 0 Å². The normalized spacial score (nSPS) is 11.8. The first-order valence-corrected chi connectivity index (χ1v) is 11.4. The number of nitrogens with zero attached hydrogens (tertiary/aromatic N) is 2. The second-order valence-electron chi connectivity index (χ2n) is 7.71. The zero-order valence-electron chi connectivity index (χ0n) is 18.0. The molecule has 0 atom stereocenters. The van der Waals surface area contributed by atoms with Crippen LogP contribution in [0.15, 0.2) is 76.2 Å². The van der Waals surface area contributed by atoms with Crippen molar-refractivity contribution >= 4 is 26.9 Å². The third-order valence-corrected chi connectivity index (χ3v) is 6.79. The Morgan fingerprint density at radius 2 is 1.75 bits per heavy atom. The minimum Gasteiger partial charge on any atom is -0.422 e. The molecule has 4 rings (SSSR count). The molecule has 0 fully saturated rings. The predicted molar refractivity (Wildman–Crippen MR) is 126 cm³/mol. The molecule has 4 aromatic rings. The molecule has 8 heteroatoms. The molecule has 32 heavy (non-hydrogen) atoms. The van der Waals surface area contributed by atoms with Gasteiger partial charge in [-0.15, -0.1) is 0 Å². The lowest BCUT2D eigenvalue weighted by atomic mass is 9.98. The van der Waals surface area contributed by atoms with Crippen molar-refractivity contribution in [2.75, 3.05) is 18.8 Å². The van der Waals surface area contributed by atoms with Gasteiger partial charge in [0.05, 0.1) is 5.69 Å². The number of aromatic nitrogens is 1. The largest absolute Gasteiger partial charge is 0.422 e. The zero-order chi connectivity index (χ0) is 22.9. The van der Waals surface area contributed by atoms with E-state index in [0.717, 1.165) is 31.9 Å². The summed E-state index contributed by atoms with van der Waals surface area (Å²) in [5, 5.41) is 0.863. The molecule has 164 valence electrons. The lowest BCUT2D eigenvalue weighted by molar-refractivity contribution is 0.527. The Balaban J connectivity index is 1.68. The second-order valence-corrected chi connectivity index (χ2v) is 9.59. The van der Waals surface area contributed by atoms with Crippen LogP contribution in [-0.2, 0) is 16.6 Å². The molecule has 0 amide bonds. The second kappa shape index (κ2) is 8.57. The quantitative estimate of drug-likeness (QED) is 0.450. The van der Waals surface area contributed by atoms with Crippen LogP contribution in [0.5, 0.6) is 0 Å². The zero-order valence-corrected chi connectivity index (χ0v) is 18.8. The van der Waals surface area contributed by atoms with Gasteiger partial charge in [-0.1, -0.05) is 24.3 Å². The lowest BCUT2D eigenvalue weighted by Crippen LogP contribution is -2.28. The van der Waals surface area contributed by atoms with Gasteiger partial charge in [0.1, 0.15) is 5.58 Å². The van der Waals surface area contributed by atoms with Gasteiger partial charge in [-0.2, -0.15) is 12.7 Å². The van der Waals surface area contributed by atoms with Crippen LogP contribution in [0, 0.1) is 6.92 Å². The Morgan fingerprint density at radius 1 is 1.00 bits per heavy atom. The number of nitrogens with one attached hydrogen (secondary N) is 1. The minimum atomic E-state index is -3.61. The highest BCUT2D eigenvalue weighted by Crippen LogP contribution is 2.27. The number of fused-ring (bicyclic) bond motifs is 1. The van der Waals surface area contributed by atoms with Crippen LogP contribution < -0.4 is 10.3 Å². The smallest absolute Gasteiger partial charge is 0.340 e. The fraction of sp³-hybridized carbons (Fsp3) is 0.167. The fourth-order valence-electron chi connectivity index (χ4n) is 3.51.